The van der Waals surface area contributed by atoms with Crippen molar-refractivity contribution < 1.29 is 14.2 Å². The molecule has 2 aromatic rings. The second-order valence-corrected chi connectivity index (χ2v) is 6.48. The second-order valence-electron chi connectivity index (χ2n) is 5.70. The van der Waals surface area contributed by atoms with Crippen LogP contribution in [0.2, 0.25) is 10.0 Å². The van der Waals surface area contributed by atoms with Crippen molar-refractivity contribution in [1.29, 1.82) is 0 Å². The van der Waals surface area contributed by atoms with Crippen molar-refractivity contribution in [1.82, 2.24) is 15.2 Å². The Morgan fingerprint density at radius 2 is 1.82 bits per heavy atom. The van der Waals surface area contributed by atoms with Crippen LogP contribution in [0.3, 0.4) is 0 Å². The lowest BCUT2D eigenvalue weighted by Crippen LogP contribution is -2.24. The lowest BCUT2D eigenvalue weighted by molar-refractivity contribution is 0.0235. The van der Waals surface area contributed by atoms with E-state index < -0.39 is 0 Å². The molecule has 11 heteroatoms. The molecule has 0 radical (unpaired) electrons. The number of hydrogen-bond donors (Lipinski definition) is 2. The van der Waals surface area contributed by atoms with E-state index in [9.17, 15) is 0 Å². The topological polar surface area (TPSA) is 104 Å². The van der Waals surface area contributed by atoms with Gasteiger partial charge >= 0.3 is 0 Å². The fraction of sp³-hybridized carbons (Fsp3) is 0.471. The molecule has 0 aliphatic rings. The minimum absolute atomic E-state index is 0. The maximum Gasteiger partial charge on any atom is 0.245 e. The van der Waals surface area contributed by atoms with Gasteiger partial charge in [0.05, 0.1) is 43.1 Å². The van der Waals surface area contributed by atoms with Crippen molar-refractivity contribution in [2.24, 2.45) is 0 Å². The third-order valence-electron chi connectivity index (χ3n) is 3.47. The summed E-state index contributed by atoms with van der Waals surface area (Å²) in [5.74, 6) is 0.512. The molecule has 0 bridgehead atoms. The van der Waals surface area contributed by atoms with Gasteiger partial charge in [-0.2, -0.15) is 4.98 Å². The molecular formula is C17H24Cl3N5O3. The predicted molar refractivity (Wildman–Crippen MR) is 114 cm³/mol. The van der Waals surface area contributed by atoms with Crippen molar-refractivity contribution in [2.45, 2.75) is 13.0 Å². The molecule has 28 heavy (non-hydrogen) atoms. The summed E-state index contributed by atoms with van der Waals surface area (Å²) in [6.07, 6.45) is 0. The first kappa shape index (κ1) is 24.6. The highest BCUT2D eigenvalue weighted by Crippen LogP contribution is 2.34. The van der Waals surface area contributed by atoms with Crippen LogP contribution in [0.4, 0.5) is 11.8 Å². The fourth-order valence-corrected chi connectivity index (χ4v) is 2.55. The number of halogens is 3. The summed E-state index contributed by atoms with van der Waals surface area (Å²) >= 11 is 12.2. The van der Waals surface area contributed by atoms with Gasteiger partial charge in [-0.1, -0.05) is 35.3 Å². The first-order chi connectivity index (χ1) is 13.0. The molecule has 0 aliphatic heterocycles. The summed E-state index contributed by atoms with van der Waals surface area (Å²) in [5, 5.41) is 12.0. The quantitative estimate of drug-likeness (QED) is 0.500. The molecule has 0 amide bonds. The predicted octanol–water partition coefficient (Wildman–Crippen LogP) is 3.33. The Labute approximate surface area is 180 Å². The Morgan fingerprint density at radius 1 is 1.11 bits per heavy atom. The van der Waals surface area contributed by atoms with Gasteiger partial charge in [0.15, 0.2) is 5.82 Å². The van der Waals surface area contributed by atoms with E-state index in [0.29, 0.717) is 60.3 Å². The maximum absolute atomic E-state index is 6.20. The minimum atomic E-state index is -0.0363. The highest BCUT2D eigenvalue weighted by molar-refractivity contribution is 6.43. The van der Waals surface area contributed by atoms with Crippen molar-refractivity contribution >= 4 is 47.4 Å². The van der Waals surface area contributed by atoms with Crippen LogP contribution < -0.4 is 11.1 Å². The number of rotatable bonds is 11. The van der Waals surface area contributed by atoms with Crippen molar-refractivity contribution in [3.63, 3.8) is 0 Å². The number of nitrogen functional groups attached to an aromatic ring is 1. The SMILES string of the molecule is COCCOCCOCC(C)Nc1nnc(-c2cccc(Cl)c2Cl)c(N)n1.Cl. The fourth-order valence-electron chi connectivity index (χ4n) is 2.16. The molecule has 1 atom stereocenters. The first-order valence-corrected chi connectivity index (χ1v) is 9.14. The summed E-state index contributed by atoms with van der Waals surface area (Å²) in [6, 6.07) is 5.17. The monoisotopic (exact) mass is 451 g/mol. The van der Waals surface area contributed by atoms with Gasteiger partial charge in [-0.25, -0.2) is 0 Å². The third-order valence-corrected chi connectivity index (χ3v) is 4.29. The Hall–Kier alpha value is -1.42. The number of nitrogens with one attached hydrogen (secondary N) is 1. The van der Waals surface area contributed by atoms with Crippen molar-refractivity contribution in [2.75, 3.05) is 51.2 Å². The molecule has 156 valence electrons. The smallest absolute Gasteiger partial charge is 0.245 e. The van der Waals surface area contributed by atoms with Gasteiger partial charge in [0.1, 0.15) is 5.69 Å². The average molecular weight is 453 g/mol. The average Bonchev–Trinajstić information content (AvgIpc) is 2.64. The van der Waals surface area contributed by atoms with Crippen LogP contribution in [0.5, 0.6) is 0 Å². The van der Waals surface area contributed by atoms with Gasteiger partial charge < -0.3 is 25.3 Å². The molecule has 0 fully saturated rings. The lowest BCUT2D eigenvalue weighted by atomic mass is 10.1. The van der Waals surface area contributed by atoms with E-state index in [1.165, 1.54) is 0 Å². The largest absolute Gasteiger partial charge is 0.382 e. The number of aromatic nitrogens is 3. The van der Waals surface area contributed by atoms with E-state index in [1.54, 1.807) is 25.3 Å². The molecule has 0 saturated carbocycles. The van der Waals surface area contributed by atoms with Crippen LogP contribution in [0.1, 0.15) is 6.92 Å². The van der Waals surface area contributed by atoms with E-state index >= 15 is 0 Å². The number of nitrogens with zero attached hydrogens (tertiary/aromatic N) is 3. The Kier molecular flexibility index (Phi) is 11.4. The van der Waals surface area contributed by atoms with Gasteiger partial charge in [-0.15, -0.1) is 22.6 Å². The lowest BCUT2D eigenvalue weighted by Gasteiger charge is -2.15. The van der Waals surface area contributed by atoms with Crippen LogP contribution in [0, 0.1) is 0 Å². The minimum Gasteiger partial charge on any atom is -0.382 e. The zero-order chi connectivity index (χ0) is 19.6. The van der Waals surface area contributed by atoms with Gasteiger partial charge in [-0.05, 0) is 13.0 Å². The molecule has 0 aliphatic carbocycles. The maximum atomic E-state index is 6.20. The zero-order valence-electron chi connectivity index (χ0n) is 15.7. The number of anilines is 2. The molecule has 1 aromatic carbocycles. The Balaban J connectivity index is 0.00000392. The van der Waals surface area contributed by atoms with Gasteiger partial charge in [0, 0.05) is 18.7 Å². The van der Waals surface area contributed by atoms with Crippen LogP contribution in [-0.2, 0) is 14.2 Å². The normalized spacial score (nSPS) is 11.7. The van der Waals surface area contributed by atoms with E-state index in [0.717, 1.165) is 0 Å². The first-order valence-electron chi connectivity index (χ1n) is 8.38. The molecule has 1 heterocycles. The molecule has 0 saturated heterocycles. The molecular weight excluding hydrogens is 429 g/mol. The molecule has 0 spiro atoms. The number of hydrogen-bond acceptors (Lipinski definition) is 8. The van der Waals surface area contributed by atoms with E-state index in [-0.39, 0.29) is 24.3 Å². The van der Waals surface area contributed by atoms with Gasteiger partial charge in [0.2, 0.25) is 5.95 Å². The molecule has 1 aromatic heterocycles. The summed E-state index contributed by atoms with van der Waals surface area (Å²) in [7, 11) is 1.63. The van der Waals surface area contributed by atoms with Gasteiger partial charge in [0.25, 0.3) is 0 Å². The van der Waals surface area contributed by atoms with Crippen molar-refractivity contribution in [3.8, 4) is 11.3 Å². The second kappa shape index (κ2) is 12.9. The third kappa shape index (κ3) is 7.54. The number of nitrogens with two attached hydrogens (primary N) is 1. The Bertz CT molecular complexity index is 739. The summed E-state index contributed by atoms with van der Waals surface area (Å²) in [6.45, 7) is 4.51. The molecule has 3 N–H and O–H groups in total. The summed E-state index contributed by atoms with van der Waals surface area (Å²) < 4.78 is 15.7. The van der Waals surface area contributed by atoms with Gasteiger partial charge in [-0.3, -0.25) is 0 Å². The number of methoxy groups -OCH3 is 1. The molecule has 1 unspecified atom stereocenters. The van der Waals surface area contributed by atoms with Crippen LogP contribution in [0.25, 0.3) is 11.3 Å². The number of benzene rings is 1. The molecule has 2 rings (SSSR count). The standard InChI is InChI=1S/C17H23Cl2N5O3.ClH/c1-11(10-27-9-8-26-7-6-25-2)21-17-22-16(20)15(23-24-17)12-4-3-5-13(18)14(12)19;/h3-5,11H,6-10H2,1-2H3,(H3,20,21,22,24);1H. The van der Waals surface area contributed by atoms with Crippen LogP contribution in [-0.4, -0.2) is 61.4 Å². The zero-order valence-corrected chi connectivity index (χ0v) is 18.0. The van der Waals surface area contributed by atoms with Crippen LogP contribution >= 0.6 is 35.6 Å². The van der Waals surface area contributed by atoms with E-state index in [1.807, 2.05) is 6.92 Å². The summed E-state index contributed by atoms with van der Waals surface area (Å²) in [5.41, 5.74) is 6.98. The molecule has 8 nitrogen and oxygen atoms in total. The van der Waals surface area contributed by atoms with E-state index in [2.05, 4.69) is 20.5 Å². The van der Waals surface area contributed by atoms with E-state index in [4.69, 9.17) is 43.1 Å². The summed E-state index contributed by atoms with van der Waals surface area (Å²) in [4.78, 5) is 4.24. The van der Waals surface area contributed by atoms with Crippen molar-refractivity contribution in [3.05, 3.63) is 28.2 Å². The van der Waals surface area contributed by atoms with Crippen LogP contribution in [0.15, 0.2) is 18.2 Å². The highest BCUT2D eigenvalue weighted by Gasteiger charge is 2.14. The Morgan fingerprint density at radius 3 is 2.54 bits per heavy atom. The number of ether oxygens (including phenoxy) is 3. The highest BCUT2D eigenvalue weighted by atomic mass is 35.5.